The van der Waals surface area contributed by atoms with E-state index in [-0.39, 0.29) is 0 Å². The number of ether oxygens (including phenoxy) is 1. The third-order valence-corrected chi connectivity index (χ3v) is 3.60. The predicted octanol–water partition coefficient (Wildman–Crippen LogP) is 3.02. The van der Waals surface area contributed by atoms with Gasteiger partial charge in [-0.05, 0) is 25.0 Å². The van der Waals surface area contributed by atoms with Crippen LogP contribution < -0.4 is 5.01 Å². The Bertz CT molecular complexity index is 695. The van der Waals surface area contributed by atoms with Gasteiger partial charge >= 0.3 is 5.97 Å². The highest BCUT2D eigenvalue weighted by Gasteiger charge is 2.22. The lowest BCUT2D eigenvalue weighted by atomic mass is 10.1. The standard InChI is InChI=1S/C18H18N2O2/c1-2-22-18(21)17(15-9-4-3-5-10-15)19-20-13-12-14-8-6-7-11-16(14)20/h3-11H,2,12-13H2,1H3/b19-17+. The van der Waals surface area contributed by atoms with Crippen LogP contribution in [0.2, 0.25) is 0 Å². The average Bonchev–Trinajstić information content (AvgIpc) is 2.97. The summed E-state index contributed by atoms with van der Waals surface area (Å²) in [6, 6.07) is 17.6. The Balaban J connectivity index is 1.98. The van der Waals surface area contributed by atoms with Gasteiger partial charge in [-0.3, -0.25) is 5.01 Å². The molecule has 1 heterocycles. The Morgan fingerprint density at radius 3 is 2.64 bits per heavy atom. The van der Waals surface area contributed by atoms with Crippen LogP contribution in [0.3, 0.4) is 0 Å². The second-order valence-electron chi connectivity index (χ2n) is 5.04. The molecule has 0 aliphatic carbocycles. The van der Waals surface area contributed by atoms with Crippen LogP contribution in [-0.4, -0.2) is 24.8 Å². The quantitative estimate of drug-likeness (QED) is 0.643. The second kappa shape index (κ2) is 6.43. The van der Waals surface area contributed by atoms with Crippen molar-refractivity contribution in [3.8, 4) is 0 Å². The summed E-state index contributed by atoms with van der Waals surface area (Å²) in [6.45, 7) is 2.90. The molecule has 0 aromatic heterocycles. The van der Waals surface area contributed by atoms with Crippen molar-refractivity contribution in [1.82, 2.24) is 0 Å². The number of fused-ring (bicyclic) bond motifs is 1. The fourth-order valence-corrected chi connectivity index (χ4v) is 2.56. The van der Waals surface area contributed by atoms with Gasteiger partial charge in [0.25, 0.3) is 0 Å². The van der Waals surface area contributed by atoms with E-state index >= 15 is 0 Å². The predicted molar refractivity (Wildman–Crippen MR) is 87.1 cm³/mol. The molecule has 0 bridgehead atoms. The van der Waals surface area contributed by atoms with Crippen molar-refractivity contribution in [2.24, 2.45) is 5.10 Å². The van der Waals surface area contributed by atoms with E-state index in [0.717, 1.165) is 24.2 Å². The van der Waals surface area contributed by atoms with Gasteiger partial charge in [0.1, 0.15) is 0 Å². The summed E-state index contributed by atoms with van der Waals surface area (Å²) in [6.07, 6.45) is 0.935. The molecule has 1 aliphatic rings. The molecule has 3 rings (SSSR count). The number of hydrogen-bond donors (Lipinski definition) is 0. The fraction of sp³-hybridized carbons (Fsp3) is 0.222. The number of rotatable bonds is 4. The number of carbonyl (C=O) groups excluding carboxylic acids is 1. The molecule has 4 heteroatoms. The normalized spacial score (nSPS) is 13.9. The van der Waals surface area contributed by atoms with Gasteiger partial charge in [0.15, 0.2) is 5.71 Å². The summed E-state index contributed by atoms with van der Waals surface area (Å²) in [4.78, 5) is 12.3. The first-order valence-corrected chi connectivity index (χ1v) is 7.46. The van der Waals surface area contributed by atoms with Gasteiger partial charge in [-0.25, -0.2) is 4.79 Å². The third-order valence-electron chi connectivity index (χ3n) is 3.60. The van der Waals surface area contributed by atoms with Gasteiger partial charge in [0.2, 0.25) is 0 Å². The van der Waals surface area contributed by atoms with E-state index in [1.165, 1.54) is 5.56 Å². The van der Waals surface area contributed by atoms with E-state index in [0.29, 0.717) is 12.3 Å². The van der Waals surface area contributed by atoms with Crippen molar-refractivity contribution in [1.29, 1.82) is 0 Å². The van der Waals surface area contributed by atoms with Gasteiger partial charge in [-0.1, -0.05) is 48.5 Å². The summed E-state index contributed by atoms with van der Waals surface area (Å²) in [5.74, 6) is -0.391. The number of esters is 1. The number of para-hydroxylation sites is 1. The number of benzene rings is 2. The van der Waals surface area contributed by atoms with Crippen LogP contribution in [-0.2, 0) is 16.0 Å². The molecule has 0 radical (unpaired) electrons. The molecular weight excluding hydrogens is 276 g/mol. The molecule has 22 heavy (non-hydrogen) atoms. The summed E-state index contributed by atoms with van der Waals surface area (Å²) in [5.41, 5.74) is 3.42. The monoisotopic (exact) mass is 294 g/mol. The Morgan fingerprint density at radius 1 is 1.14 bits per heavy atom. The van der Waals surface area contributed by atoms with Gasteiger partial charge < -0.3 is 4.74 Å². The minimum atomic E-state index is -0.391. The molecule has 0 unspecified atom stereocenters. The van der Waals surface area contributed by atoms with Crippen LogP contribution in [0.4, 0.5) is 5.69 Å². The molecule has 0 atom stereocenters. The number of hydrazone groups is 1. The zero-order valence-electron chi connectivity index (χ0n) is 12.5. The maximum Gasteiger partial charge on any atom is 0.359 e. The summed E-state index contributed by atoms with van der Waals surface area (Å²) in [5, 5.41) is 6.46. The van der Waals surface area contributed by atoms with Crippen LogP contribution in [0.5, 0.6) is 0 Å². The van der Waals surface area contributed by atoms with Gasteiger partial charge in [-0.15, -0.1) is 0 Å². The van der Waals surface area contributed by atoms with Crippen LogP contribution in [0.15, 0.2) is 59.7 Å². The number of anilines is 1. The summed E-state index contributed by atoms with van der Waals surface area (Å²) < 4.78 is 5.16. The fourth-order valence-electron chi connectivity index (χ4n) is 2.56. The maximum absolute atomic E-state index is 12.3. The number of carbonyl (C=O) groups is 1. The number of hydrogen-bond acceptors (Lipinski definition) is 4. The first kappa shape index (κ1) is 14.3. The molecule has 0 amide bonds. The van der Waals surface area contributed by atoms with Crippen LogP contribution in [0.1, 0.15) is 18.1 Å². The highest BCUT2D eigenvalue weighted by molar-refractivity contribution is 6.43. The molecule has 0 saturated heterocycles. The van der Waals surface area contributed by atoms with Crippen molar-refractivity contribution in [2.75, 3.05) is 18.2 Å². The van der Waals surface area contributed by atoms with Gasteiger partial charge in [0.05, 0.1) is 12.3 Å². The summed E-state index contributed by atoms with van der Waals surface area (Å²) in [7, 11) is 0. The SMILES string of the molecule is CCOC(=O)/C(=N/N1CCc2ccccc21)c1ccccc1. The number of nitrogens with zero attached hydrogens (tertiary/aromatic N) is 2. The van der Waals surface area contributed by atoms with Gasteiger partial charge in [0, 0.05) is 12.1 Å². The third kappa shape index (κ3) is 2.86. The maximum atomic E-state index is 12.3. The molecule has 0 saturated carbocycles. The van der Waals surface area contributed by atoms with Crippen molar-refractivity contribution in [3.63, 3.8) is 0 Å². The minimum Gasteiger partial charge on any atom is -0.461 e. The molecule has 2 aromatic carbocycles. The van der Waals surface area contributed by atoms with Crippen molar-refractivity contribution < 1.29 is 9.53 Å². The topological polar surface area (TPSA) is 41.9 Å². The molecule has 4 nitrogen and oxygen atoms in total. The molecule has 0 fully saturated rings. The van der Waals surface area contributed by atoms with E-state index in [4.69, 9.17) is 4.74 Å². The lowest BCUT2D eigenvalue weighted by Crippen LogP contribution is -2.24. The van der Waals surface area contributed by atoms with E-state index in [9.17, 15) is 4.79 Å². The van der Waals surface area contributed by atoms with E-state index in [1.807, 2.05) is 53.5 Å². The summed E-state index contributed by atoms with van der Waals surface area (Å²) >= 11 is 0. The minimum absolute atomic E-state index is 0.335. The molecule has 112 valence electrons. The van der Waals surface area contributed by atoms with Crippen molar-refractivity contribution in [3.05, 3.63) is 65.7 Å². The lowest BCUT2D eigenvalue weighted by Gasteiger charge is -2.15. The van der Waals surface area contributed by atoms with E-state index < -0.39 is 5.97 Å². The Kier molecular flexibility index (Phi) is 4.19. The Morgan fingerprint density at radius 2 is 1.86 bits per heavy atom. The smallest absolute Gasteiger partial charge is 0.359 e. The first-order chi connectivity index (χ1) is 10.8. The Labute approximate surface area is 130 Å². The zero-order valence-corrected chi connectivity index (χ0v) is 12.5. The van der Waals surface area contributed by atoms with Crippen molar-refractivity contribution >= 4 is 17.4 Å². The second-order valence-corrected chi connectivity index (χ2v) is 5.04. The molecular formula is C18H18N2O2. The van der Waals surface area contributed by atoms with Crippen LogP contribution in [0, 0.1) is 0 Å². The molecule has 1 aliphatic heterocycles. The molecule has 0 spiro atoms. The van der Waals surface area contributed by atoms with E-state index in [1.54, 1.807) is 6.92 Å². The molecule has 2 aromatic rings. The largest absolute Gasteiger partial charge is 0.461 e. The van der Waals surface area contributed by atoms with Gasteiger partial charge in [-0.2, -0.15) is 5.10 Å². The van der Waals surface area contributed by atoms with Crippen molar-refractivity contribution in [2.45, 2.75) is 13.3 Å². The highest BCUT2D eigenvalue weighted by atomic mass is 16.5. The van der Waals surface area contributed by atoms with Crippen LogP contribution >= 0.6 is 0 Å². The molecule has 0 N–H and O–H groups in total. The van der Waals surface area contributed by atoms with E-state index in [2.05, 4.69) is 11.2 Å². The zero-order chi connectivity index (χ0) is 15.4. The highest BCUT2D eigenvalue weighted by Crippen LogP contribution is 2.28. The first-order valence-electron chi connectivity index (χ1n) is 7.46. The Hall–Kier alpha value is -2.62. The average molecular weight is 294 g/mol. The van der Waals surface area contributed by atoms with Crippen LogP contribution in [0.25, 0.3) is 0 Å². The lowest BCUT2D eigenvalue weighted by molar-refractivity contribution is -0.134.